The third-order valence-corrected chi connectivity index (χ3v) is 3.61. The Morgan fingerprint density at radius 2 is 2.15 bits per heavy atom. The fourth-order valence-electron chi connectivity index (χ4n) is 2.11. The number of hydrogen-bond donors (Lipinski definition) is 2. The van der Waals surface area contributed by atoms with E-state index in [1.807, 2.05) is 0 Å². The molecule has 4 nitrogen and oxygen atoms in total. The van der Waals surface area contributed by atoms with Crippen LogP contribution in [0.2, 0.25) is 5.02 Å². The molecule has 0 bridgehead atoms. The van der Waals surface area contributed by atoms with Crippen LogP contribution in [0.3, 0.4) is 0 Å². The van der Waals surface area contributed by atoms with Crippen LogP contribution in [0.15, 0.2) is 24.3 Å². The molecule has 1 amide bonds. The Morgan fingerprint density at radius 1 is 1.45 bits per heavy atom. The van der Waals surface area contributed by atoms with Crippen LogP contribution in [0.25, 0.3) is 0 Å². The van der Waals surface area contributed by atoms with Gasteiger partial charge in [0.1, 0.15) is 5.75 Å². The minimum Gasteiger partial charge on any atom is -0.484 e. The normalized spacial score (nSPS) is 21.7. The van der Waals surface area contributed by atoms with Crippen LogP contribution in [0.5, 0.6) is 5.75 Å². The molecule has 112 valence electrons. The van der Waals surface area contributed by atoms with Crippen molar-refractivity contribution in [1.82, 2.24) is 10.6 Å². The van der Waals surface area contributed by atoms with Gasteiger partial charge in [-0.2, -0.15) is 0 Å². The van der Waals surface area contributed by atoms with E-state index in [-0.39, 0.29) is 31.0 Å². The predicted molar refractivity (Wildman–Crippen MR) is 82.8 cm³/mol. The summed E-state index contributed by atoms with van der Waals surface area (Å²) in [5.41, 5.74) is 0. The first-order valence-electron chi connectivity index (χ1n) is 6.53. The molecule has 0 spiro atoms. The van der Waals surface area contributed by atoms with Crippen LogP contribution in [0, 0.1) is 5.92 Å². The molecule has 1 aromatic carbocycles. The first kappa shape index (κ1) is 17.1. The Bertz CT molecular complexity index is 426. The second-order valence-corrected chi connectivity index (χ2v) is 5.32. The van der Waals surface area contributed by atoms with Gasteiger partial charge in [0.05, 0.1) is 0 Å². The van der Waals surface area contributed by atoms with Gasteiger partial charge in [0, 0.05) is 17.6 Å². The van der Waals surface area contributed by atoms with E-state index in [1.165, 1.54) is 0 Å². The lowest BCUT2D eigenvalue weighted by atomic mass is 9.95. The molecule has 1 aliphatic rings. The third-order valence-electron chi connectivity index (χ3n) is 3.36. The monoisotopic (exact) mass is 318 g/mol. The molecule has 2 N–H and O–H groups in total. The summed E-state index contributed by atoms with van der Waals surface area (Å²) in [5.74, 6) is 1.06. The van der Waals surface area contributed by atoms with Gasteiger partial charge in [-0.25, -0.2) is 0 Å². The van der Waals surface area contributed by atoms with E-state index in [0.29, 0.717) is 16.7 Å². The number of nitrogens with one attached hydrogen (secondary N) is 2. The minimum atomic E-state index is -0.0875. The lowest BCUT2D eigenvalue weighted by molar-refractivity contribution is -0.124. The molecule has 2 atom stereocenters. The van der Waals surface area contributed by atoms with Crippen LogP contribution >= 0.6 is 24.0 Å². The number of carbonyl (C=O) groups excluding carboxylic acids is 1. The number of hydrogen-bond acceptors (Lipinski definition) is 3. The summed E-state index contributed by atoms with van der Waals surface area (Å²) >= 11 is 5.78. The van der Waals surface area contributed by atoms with Gasteiger partial charge in [-0.05, 0) is 43.1 Å². The summed E-state index contributed by atoms with van der Waals surface area (Å²) in [5, 5.41) is 6.93. The van der Waals surface area contributed by atoms with Crippen LogP contribution in [0.4, 0.5) is 0 Å². The van der Waals surface area contributed by atoms with Gasteiger partial charge in [-0.15, -0.1) is 12.4 Å². The van der Waals surface area contributed by atoms with E-state index < -0.39 is 0 Å². The molecule has 0 aromatic heterocycles. The Balaban J connectivity index is 0.00000200. The zero-order valence-corrected chi connectivity index (χ0v) is 13.0. The summed E-state index contributed by atoms with van der Waals surface area (Å²) < 4.78 is 5.41. The summed E-state index contributed by atoms with van der Waals surface area (Å²) in [6.07, 6.45) is 1.09. The molecule has 1 aliphatic heterocycles. The smallest absolute Gasteiger partial charge is 0.258 e. The van der Waals surface area contributed by atoms with Crippen LogP contribution in [-0.4, -0.2) is 31.6 Å². The summed E-state index contributed by atoms with van der Waals surface area (Å²) in [6.45, 7) is 4.04. The van der Waals surface area contributed by atoms with E-state index in [9.17, 15) is 4.79 Å². The lowest BCUT2D eigenvalue weighted by Gasteiger charge is -2.30. The maximum atomic E-state index is 11.8. The Hall–Kier alpha value is -0.970. The van der Waals surface area contributed by atoms with Crippen LogP contribution in [0.1, 0.15) is 13.3 Å². The standard InChI is InChI=1S/C14H19ClN2O2.ClH/c1-10-6-7-16-8-13(10)17-14(18)9-19-12-4-2-11(15)3-5-12;/h2-5,10,13,16H,6-9H2,1H3,(H,17,18);1H. The molecule has 20 heavy (non-hydrogen) atoms. The number of ether oxygens (including phenoxy) is 1. The van der Waals surface area contributed by atoms with Gasteiger partial charge in [-0.3, -0.25) is 4.79 Å². The van der Waals surface area contributed by atoms with E-state index in [2.05, 4.69) is 17.6 Å². The highest BCUT2D eigenvalue weighted by molar-refractivity contribution is 6.30. The Labute approximate surface area is 130 Å². The van der Waals surface area contributed by atoms with Crippen molar-refractivity contribution in [2.45, 2.75) is 19.4 Å². The maximum absolute atomic E-state index is 11.8. The number of piperidine rings is 1. The highest BCUT2D eigenvalue weighted by atomic mass is 35.5. The van der Waals surface area contributed by atoms with Crippen molar-refractivity contribution in [3.63, 3.8) is 0 Å². The highest BCUT2D eigenvalue weighted by Gasteiger charge is 2.22. The first-order chi connectivity index (χ1) is 9.15. The third kappa shape index (κ3) is 5.19. The molecule has 6 heteroatoms. The average molecular weight is 319 g/mol. The number of benzene rings is 1. The number of halogens is 2. The first-order valence-corrected chi connectivity index (χ1v) is 6.91. The number of amides is 1. The van der Waals surface area contributed by atoms with Gasteiger partial charge in [0.2, 0.25) is 0 Å². The zero-order valence-electron chi connectivity index (χ0n) is 11.4. The van der Waals surface area contributed by atoms with Crippen LogP contribution in [-0.2, 0) is 4.79 Å². The van der Waals surface area contributed by atoms with Crippen molar-refractivity contribution < 1.29 is 9.53 Å². The van der Waals surface area contributed by atoms with E-state index >= 15 is 0 Å². The molecule has 1 saturated heterocycles. The van der Waals surface area contributed by atoms with Gasteiger partial charge in [0.25, 0.3) is 5.91 Å². The van der Waals surface area contributed by atoms with E-state index in [0.717, 1.165) is 19.5 Å². The van der Waals surface area contributed by atoms with Gasteiger partial charge >= 0.3 is 0 Å². The fraction of sp³-hybridized carbons (Fsp3) is 0.500. The largest absolute Gasteiger partial charge is 0.484 e. The molecular formula is C14H20Cl2N2O2. The quantitative estimate of drug-likeness (QED) is 0.895. The summed E-state index contributed by atoms with van der Waals surface area (Å²) in [7, 11) is 0. The average Bonchev–Trinajstić information content (AvgIpc) is 2.41. The van der Waals surface area contributed by atoms with Gasteiger partial charge in [0.15, 0.2) is 6.61 Å². The van der Waals surface area contributed by atoms with Gasteiger partial charge in [-0.1, -0.05) is 18.5 Å². The topological polar surface area (TPSA) is 50.4 Å². The maximum Gasteiger partial charge on any atom is 0.258 e. The number of rotatable bonds is 4. The van der Waals surface area contributed by atoms with Crippen molar-refractivity contribution in [2.24, 2.45) is 5.92 Å². The molecule has 0 radical (unpaired) electrons. The Morgan fingerprint density at radius 3 is 2.80 bits per heavy atom. The fourth-order valence-corrected chi connectivity index (χ4v) is 2.24. The van der Waals surface area contributed by atoms with Crippen LogP contribution < -0.4 is 15.4 Å². The van der Waals surface area contributed by atoms with Crippen molar-refractivity contribution >= 4 is 29.9 Å². The highest BCUT2D eigenvalue weighted by Crippen LogP contribution is 2.15. The van der Waals surface area contributed by atoms with Crippen molar-refractivity contribution in [2.75, 3.05) is 19.7 Å². The second kappa shape index (κ2) is 8.35. The molecular weight excluding hydrogens is 299 g/mol. The van der Waals surface area contributed by atoms with E-state index in [1.54, 1.807) is 24.3 Å². The summed E-state index contributed by atoms with van der Waals surface area (Å²) in [4.78, 5) is 11.8. The molecule has 2 rings (SSSR count). The Kier molecular flexibility index (Phi) is 7.13. The molecule has 0 aliphatic carbocycles. The van der Waals surface area contributed by atoms with E-state index in [4.69, 9.17) is 16.3 Å². The van der Waals surface area contributed by atoms with Crippen molar-refractivity contribution in [3.8, 4) is 5.75 Å². The van der Waals surface area contributed by atoms with Crippen molar-refractivity contribution in [1.29, 1.82) is 0 Å². The molecule has 1 fully saturated rings. The second-order valence-electron chi connectivity index (χ2n) is 4.89. The predicted octanol–water partition coefficient (Wildman–Crippen LogP) is 2.25. The lowest BCUT2D eigenvalue weighted by Crippen LogP contribution is -2.51. The molecule has 1 heterocycles. The zero-order chi connectivity index (χ0) is 13.7. The minimum absolute atomic E-state index is 0. The summed E-state index contributed by atoms with van der Waals surface area (Å²) in [6, 6.07) is 7.17. The molecule has 2 unspecified atom stereocenters. The molecule has 0 saturated carbocycles. The SMILES string of the molecule is CC1CCNCC1NC(=O)COc1ccc(Cl)cc1.Cl. The van der Waals surface area contributed by atoms with Crippen molar-refractivity contribution in [3.05, 3.63) is 29.3 Å². The van der Waals surface area contributed by atoms with Gasteiger partial charge < -0.3 is 15.4 Å². The number of carbonyl (C=O) groups is 1. The molecule has 1 aromatic rings.